The highest BCUT2D eigenvalue weighted by Crippen LogP contribution is 2.22. The van der Waals surface area contributed by atoms with Gasteiger partial charge in [0, 0.05) is 38.1 Å². The molecule has 1 N–H and O–H groups in total. The fraction of sp³-hybridized carbons (Fsp3) is 0.438. The van der Waals surface area contributed by atoms with Crippen LogP contribution in [0.3, 0.4) is 0 Å². The van der Waals surface area contributed by atoms with E-state index in [0.717, 1.165) is 5.56 Å². The highest BCUT2D eigenvalue weighted by molar-refractivity contribution is 7.99. The summed E-state index contributed by atoms with van der Waals surface area (Å²) in [6.45, 7) is 4.81. The molecule has 2 aromatic rings. The summed E-state index contributed by atoms with van der Waals surface area (Å²) in [5.41, 5.74) is 0.912. The van der Waals surface area contributed by atoms with E-state index < -0.39 is 0 Å². The van der Waals surface area contributed by atoms with Crippen molar-refractivity contribution in [2.75, 3.05) is 25.4 Å². The Labute approximate surface area is 151 Å². The van der Waals surface area contributed by atoms with Gasteiger partial charge in [-0.15, -0.1) is 10.2 Å². The Morgan fingerprint density at radius 2 is 1.96 bits per heavy atom. The molecule has 0 saturated heterocycles. The van der Waals surface area contributed by atoms with Crippen LogP contribution in [-0.4, -0.2) is 61.8 Å². The summed E-state index contributed by atoms with van der Waals surface area (Å²) in [6.07, 6.45) is 3.39. The number of rotatable bonds is 8. The van der Waals surface area contributed by atoms with Gasteiger partial charge in [0.1, 0.15) is 0 Å². The highest BCUT2D eigenvalue weighted by atomic mass is 32.2. The van der Waals surface area contributed by atoms with Crippen LogP contribution in [0.5, 0.6) is 0 Å². The van der Waals surface area contributed by atoms with Crippen LogP contribution in [0, 0.1) is 0 Å². The molecule has 0 radical (unpaired) electrons. The Bertz CT molecular complexity index is 719. The average molecular weight is 362 g/mol. The van der Waals surface area contributed by atoms with E-state index in [1.807, 2.05) is 37.6 Å². The Hall–Kier alpha value is -2.42. The van der Waals surface area contributed by atoms with Gasteiger partial charge in [-0.3, -0.25) is 14.6 Å². The summed E-state index contributed by atoms with van der Waals surface area (Å²) in [6, 6.07) is 3.71. The van der Waals surface area contributed by atoms with Gasteiger partial charge >= 0.3 is 0 Å². The Balaban J connectivity index is 1.98. The maximum Gasteiger partial charge on any atom is 0.239 e. The van der Waals surface area contributed by atoms with E-state index in [9.17, 15) is 9.59 Å². The molecule has 0 unspecified atom stereocenters. The first-order valence-corrected chi connectivity index (χ1v) is 9.02. The van der Waals surface area contributed by atoms with Crippen molar-refractivity contribution in [1.29, 1.82) is 0 Å². The second kappa shape index (κ2) is 9.16. The molecule has 2 aromatic heterocycles. The maximum absolute atomic E-state index is 12.3. The number of carbonyl (C=O) groups is 2. The lowest BCUT2D eigenvalue weighted by molar-refractivity contribution is -0.133. The van der Waals surface area contributed by atoms with E-state index in [1.54, 1.807) is 12.4 Å². The predicted molar refractivity (Wildman–Crippen MR) is 95.9 cm³/mol. The largest absolute Gasteiger partial charge is 0.355 e. The van der Waals surface area contributed by atoms with Crippen molar-refractivity contribution in [3.05, 3.63) is 24.5 Å². The van der Waals surface area contributed by atoms with Gasteiger partial charge in [0.15, 0.2) is 11.0 Å². The van der Waals surface area contributed by atoms with Crippen LogP contribution in [0.1, 0.15) is 13.8 Å². The van der Waals surface area contributed by atoms with Gasteiger partial charge in [-0.1, -0.05) is 11.8 Å². The number of pyridine rings is 1. The molecule has 134 valence electrons. The number of nitrogens with one attached hydrogen (secondary N) is 1. The fourth-order valence-corrected chi connectivity index (χ4v) is 3.03. The lowest BCUT2D eigenvalue weighted by Gasteiger charge is -2.19. The van der Waals surface area contributed by atoms with Gasteiger partial charge in [-0.05, 0) is 26.0 Å². The first-order chi connectivity index (χ1) is 12.1. The second-order valence-electron chi connectivity index (χ2n) is 5.25. The van der Waals surface area contributed by atoms with Gasteiger partial charge in [-0.25, -0.2) is 0 Å². The average Bonchev–Trinajstić information content (AvgIpc) is 2.99. The summed E-state index contributed by atoms with van der Waals surface area (Å²) in [7, 11) is 1.86. The molecular weight excluding hydrogens is 340 g/mol. The Morgan fingerprint density at radius 1 is 1.24 bits per heavy atom. The number of carbonyl (C=O) groups excluding carboxylic acids is 2. The smallest absolute Gasteiger partial charge is 0.239 e. The topological polar surface area (TPSA) is 93.0 Å². The van der Waals surface area contributed by atoms with E-state index in [0.29, 0.717) is 24.1 Å². The number of amides is 2. The summed E-state index contributed by atoms with van der Waals surface area (Å²) < 4.78 is 1.84. The van der Waals surface area contributed by atoms with Crippen LogP contribution in [0.25, 0.3) is 11.4 Å². The van der Waals surface area contributed by atoms with Crippen molar-refractivity contribution >= 4 is 23.6 Å². The third-order valence-corrected chi connectivity index (χ3v) is 4.55. The lowest BCUT2D eigenvalue weighted by atomic mass is 10.2. The minimum absolute atomic E-state index is 0.0742. The molecule has 0 aliphatic rings. The number of thioether (sulfide) groups is 1. The second-order valence-corrected chi connectivity index (χ2v) is 6.19. The van der Waals surface area contributed by atoms with Gasteiger partial charge in [0.2, 0.25) is 11.8 Å². The summed E-state index contributed by atoms with van der Waals surface area (Å²) in [5, 5.41) is 11.7. The van der Waals surface area contributed by atoms with E-state index in [1.165, 1.54) is 16.7 Å². The molecule has 25 heavy (non-hydrogen) atoms. The van der Waals surface area contributed by atoms with Crippen molar-refractivity contribution in [1.82, 2.24) is 30.0 Å². The summed E-state index contributed by atoms with van der Waals surface area (Å²) in [4.78, 5) is 29.5. The van der Waals surface area contributed by atoms with Crippen LogP contribution in [0.4, 0.5) is 0 Å². The predicted octanol–water partition coefficient (Wildman–Crippen LogP) is 0.954. The van der Waals surface area contributed by atoms with E-state index in [4.69, 9.17) is 0 Å². The van der Waals surface area contributed by atoms with Gasteiger partial charge in [0.05, 0.1) is 12.3 Å². The monoisotopic (exact) mass is 362 g/mol. The van der Waals surface area contributed by atoms with Crippen LogP contribution in [0.15, 0.2) is 29.7 Å². The molecule has 8 nitrogen and oxygen atoms in total. The van der Waals surface area contributed by atoms with E-state index in [-0.39, 0.29) is 24.1 Å². The van der Waals surface area contributed by atoms with Gasteiger partial charge in [0.25, 0.3) is 0 Å². The molecule has 0 aliphatic carbocycles. The molecule has 0 bridgehead atoms. The van der Waals surface area contributed by atoms with E-state index >= 15 is 0 Å². The molecule has 0 atom stereocenters. The van der Waals surface area contributed by atoms with Crippen molar-refractivity contribution < 1.29 is 9.59 Å². The Kier molecular flexibility index (Phi) is 6.93. The van der Waals surface area contributed by atoms with Crippen LogP contribution in [0.2, 0.25) is 0 Å². The molecule has 0 aliphatic heterocycles. The van der Waals surface area contributed by atoms with Crippen molar-refractivity contribution in [3.8, 4) is 11.4 Å². The molecular formula is C16H22N6O2S. The first-order valence-electron chi connectivity index (χ1n) is 8.03. The molecule has 0 saturated carbocycles. The molecule has 0 fully saturated rings. The molecule has 2 rings (SSSR count). The highest BCUT2D eigenvalue weighted by Gasteiger charge is 2.18. The zero-order valence-electron chi connectivity index (χ0n) is 14.6. The fourth-order valence-electron chi connectivity index (χ4n) is 2.21. The van der Waals surface area contributed by atoms with Crippen LogP contribution >= 0.6 is 11.8 Å². The first kappa shape index (κ1) is 18.9. The Morgan fingerprint density at radius 3 is 2.60 bits per heavy atom. The van der Waals surface area contributed by atoms with Crippen molar-refractivity contribution in [3.63, 3.8) is 0 Å². The zero-order valence-corrected chi connectivity index (χ0v) is 15.4. The quantitative estimate of drug-likeness (QED) is 0.703. The normalized spacial score (nSPS) is 10.5. The van der Waals surface area contributed by atoms with Crippen LogP contribution in [-0.2, 0) is 16.6 Å². The lowest BCUT2D eigenvalue weighted by Crippen LogP contribution is -2.41. The summed E-state index contributed by atoms with van der Waals surface area (Å²) >= 11 is 1.31. The number of hydrogen-bond donors (Lipinski definition) is 1. The number of aromatic nitrogens is 4. The summed E-state index contributed by atoms with van der Waals surface area (Å²) in [5.74, 6) is 0.663. The van der Waals surface area contributed by atoms with Crippen LogP contribution < -0.4 is 5.32 Å². The molecule has 2 heterocycles. The standard InChI is InChI=1S/C16H22N6O2S/c1-4-18-13(23)10-22(5-2)14(24)11-25-16-20-19-15(21(16)3)12-6-8-17-9-7-12/h6-9H,4-5,10-11H2,1-3H3,(H,18,23). The SMILES string of the molecule is CCNC(=O)CN(CC)C(=O)CSc1nnc(-c2ccncc2)n1C. The third-order valence-electron chi connectivity index (χ3n) is 3.54. The van der Waals surface area contributed by atoms with Gasteiger partial charge in [-0.2, -0.15) is 0 Å². The molecule has 2 amide bonds. The maximum atomic E-state index is 12.3. The number of nitrogens with zero attached hydrogens (tertiary/aromatic N) is 5. The van der Waals surface area contributed by atoms with Gasteiger partial charge < -0.3 is 14.8 Å². The minimum atomic E-state index is -0.152. The number of hydrogen-bond acceptors (Lipinski definition) is 6. The molecule has 0 aromatic carbocycles. The van der Waals surface area contributed by atoms with Crippen molar-refractivity contribution in [2.24, 2.45) is 7.05 Å². The molecule has 0 spiro atoms. The zero-order chi connectivity index (χ0) is 18.2. The minimum Gasteiger partial charge on any atom is -0.355 e. The molecule has 9 heteroatoms. The van der Waals surface area contributed by atoms with E-state index in [2.05, 4.69) is 20.5 Å². The number of likely N-dealkylation sites (N-methyl/N-ethyl adjacent to an activating group) is 2. The third kappa shape index (κ3) is 5.02. The van der Waals surface area contributed by atoms with Crippen molar-refractivity contribution in [2.45, 2.75) is 19.0 Å².